The van der Waals surface area contributed by atoms with E-state index in [1.807, 2.05) is 34.7 Å². The number of anilines is 1. The van der Waals surface area contributed by atoms with Crippen molar-refractivity contribution in [3.8, 4) is 0 Å². The lowest BCUT2D eigenvalue weighted by atomic mass is 10.0. The summed E-state index contributed by atoms with van der Waals surface area (Å²) in [6.45, 7) is 4.32. The van der Waals surface area contributed by atoms with Crippen LogP contribution in [0.5, 0.6) is 0 Å². The van der Waals surface area contributed by atoms with E-state index in [0.717, 1.165) is 47.6 Å². The zero-order valence-electron chi connectivity index (χ0n) is 16.5. The number of rotatable bonds is 2. The molecule has 30 heavy (non-hydrogen) atoms. The SMILES string of the molecule is CN1CC2CN(c3ccc4c(=O)c(C(=O)O)c5sc6ccccc6n5c4c3)CC2C1. The molecule has 6 rings (SSSR count). The van der Waals surface area contributed by atoms with E-state index in [0.29, 0.717) is 22.1 Å². The number of fused-ring (bicyclic) bond motifs is 6. The number of hydrogen-bond acceptors (Lipinski definition) is 5. The third kappa shape index (κ3) is 2.45. The van der Waals surface area contributed by atoms with E-state index in [1.54, 1.807) is 6.07 Å². The second-order valence-electron chi connectivity index (χ2n) is 8.57. The normalized spacial score (nSPS) is 21.8. The summed E-state index contributed by atoms with van der Waals surface area (Å²) >= 11 is 1.36. The molecule has 0 spiro atoms. The van der Waals surface area contributed by atoms with Crippen LogP contribution in [-0.4, -0.2) is 53.6 Å². The molecule has 2 aromatic carbocycles. The highest BCUT2D eigenvalue weighted by atomic mass is 32.1. The lowest BCUT2D eigenvalue weighted by molar-refractivity contribution is 0.0697. The molecule has 2 unspecified atom stereocenters. The van der Waals surface area contributed by atoms with Crippen LogP contribution in [0.25, 0.3) is 25.9 Å². The number of thiazole rings is 1. The van der Waals surface area contributed by atoms with Crippen LogP contribution < -0.4 is 10.3 Å². The number of pyridine rings is 1. The Kier molecular flexibility index (Phi) is 3.76. The molecule has 0 radical (unpaired) electrons. The smallest absolute Gasteiger partial charge is 0.342 e. The maximum atomic E-state index is 13.1. The summed E-state index contributed by atoms with van der Waals surface area (Å²) < 4.78 is 2.92. The number of carbonyl (C=O) groups is 1. The minimum absolute atomic E-state index is 0.143. The van der Waals surface area contributed by atoms with Crippen molar-refractivity contribution >= 4 is 48.9 Å². The number of para-hydroxylation sites is 1. The van der Waals surface area contributed by atoms with Crippen LogP contribution in [0.3, 0.4) is 0 Å². The van der Waals surface area contributed by atoms with Gasteiger partial charge in [0.2, 0.25) is 5.43 Å². The quantitative estimate of drug-likeness (QED) is 0.540. The van der Waals surface area contributed by atoms with Crippen LogP contribution in [0, 0.1) is 11.8 Å². The summed E-state index contributed by atoms with van der Waals surface area (Å²) in [5.41, 5.74) is 2.27. The molecular formula is C23H21N3O3S. The van der Waals surface area contributed by atoms with Crippen LogP contribution in [0.1, 0.15) is 10.4 Å². The minimum atomic E-state index is -1.17. The molecule has 2 atom stereocenters. The fourth-order valence-corrected chi connectivity index (χ4v) is 6.53. The van der Waals surface area contributed by atoms with Crippen LogP contribution >= 0.6 is 11.3 Å². The van der Waals surface area contributed by atoms with Gasteiger partial charge in [-0.3, -0.25) is 9.20 Å². The van der Waals surface area contributed by atoms with Gasteiger partial charge in [0, 0.05) is 37.3 Å². The van der Waals surface area contributed by atoms with Gasteiger partial charge in [-0.25, -0.2) is 4.79 Å². The van der Waals surface area contributed by atoms with E-state index in [9.17, 15) is 14.7 Å². The van der Waals surface area contributed by atoms with Gasteiger partial charge in [0.05, 0.1) is 15.7 Å². The Labute approximate surface area is 176 Å². The molecule has 2 aliphatic rings. The van der Waals surface area contributed by atoms with Crippen molar-refractivity contribution in [1.29, 1.82) is 0 Å². The fourth-order valence-electron chi connectivity index (χ4n) is 5.34. The lowest BCUT2D eigenvalue weighted by Gasteiger charge is -2.22. The van der Waals surface area contributed by atoms with Gasteiger partial charge in [-0.15, -0.1) is 11.3 Å². The molecule has 0 bridgehead atoms. The average molecular weight is 420 g/mol. The highest BCUT2D eigenvalue weighted by molar-refractivity contribution is 7.24. The van der Waals surface area contributed by atoms with Crippen molar-refractivity contribution in [3.05, 3.63) is 58.3 Å². The zero-order valence-corrected chi connectivity index (χ0v) is 17.4. The summed E-state index contributed by atoms with van der Waals surface area (Å²) in [5.74, 6) is 0.195. The Morgan fingerprint density at radius 1 is 1.03 bits per heavy atom. The molecule has 0 saturated carbocycles. The maximum absolute atomic E-state index is 13.1. The van der Waals surface area contributed by atoms with Crippen LogP contribution in [0.15, 0.2) is 47.3 Å². The highest BCUT2D eigenvalue weighted by Crippen LogP contribution is 2.36. The number of aromatic nitrogens is 1. The molecule has 7 heteroatoms. The van der Waals surface area contributed by atoms with Crippen LogP contribution in [0.4, 0.5) is 5.69 Å². The number of likely N-dealkylation sites (tertiary alicyclic amines) is 1. The Balaban J connectivity index is 1.60. The number of carboxylic acids is 1. The van der Waals surface area contributed by atoms with Crippen molar-refractivity contribution < 1.29 is 9.90 Å². The predicted octanol–water partition coefficient (Wildman–Crippen LogP) is 3.36. The first-order valence-corrected chi connectivity index (χ1v) is 11.0. The van der Waals surface area contributed by atoms with Gasteiger partial charge < -0.3 is 14.9 Å². The second kappa shape index (κ2) is 6.30. The van der Waals surface area contributed by atoms with E-state index in [2.05, 4.69) is 22.9 Å². The molecule has 2 aliphatic heterocycles. The summed E-state index contributed by atoms with van der Waals surface area (Å²) in [5, 5.41) is 10.2. The Morgan fingerprint density at radius 2 is 1.77 bits per heavy atom. The first-order valence-electron chi connectivity index (χ1n) is 10.2. The maximum Gasteiger partial charge on any atom is 0.342 e. The third-order valence-electron chi connectivity index (χ3n) is 6.67. The molecule has 0 aliphatic carbocycles. The van der Waals surface area contributed by atoms with E-state index in [1.165, 1.54) is 11.3 Å². The first kappa shape index (κ1) is 17.9. The predicted molar refractivity (Wildman–Crippen MR) is 120 cm³/mol. The number of benzene rings is 2. The molecule has 2 aromatic heterocycles. The minimum Gasteiger partial charge on any atom is -0.477 e. The Hall–Kier alpha value is -2.90. The summed E-state index contributed by atoms with van der Waals surface area (Å²) in [7, 11) is 2.18. The van der Waals surface area contributed by atoms with Crippen LogP contribution in [-0.2, 0) is 0 Å². The third-order valence-corrected chi connectivity index (χ3v) is 7.82. The molecule has 2 fully saturated rings. The Bertz CT molecular complexity index is 1390. The summed E-state index contributed by atoms with van der Waals surface area (Å²) in [4.78, 5) is 30.4. The Morgan fingerprint density at radius 3 is 2.50 bits per heavy atom. The highest BCUT2D eigenvalue weighted by Gasteiger charge is 2.38. The van der Waals surface area contributed by atoms with Gasteiger partial charge >= 0.3 is 5.97 Å². The topological polar surface area (TPSA) is 65.3 Å². The second-order valence-corrected chi connectivity index (χ2v) is 9.60. The summed E-state index contributed by atoms with van der Waals surface area (Å²) in [6, 6.07) is 13.7. The molecule has 0 amide bonds. The van der Waals surface area contributed by atoms with E-state index < -0.39 is 11.4 Å². The van der Waals surface area contributed by atoms with Gasteiger partial charge in [-0.05, 0) is 49.2 Å². The van der Waals surface area contributed by atoms with Crippen molar-refractivity contribution in [2.24, 2.45) is 11.8 Å². The number of aromatic carboxylic acids is 1. The zero-order chi connectivity index (χ0) is 20.6. The first-order chi connectivity index (χ1) is 14.5. The molecule has 152 valence electrons. The van der Waals surface area contributed by atoms with Crippen molar-refractivity contribution in [2.45, 2.75) is 0 Å². The standard InChI is InChI=1S/C23H21N3O3S/c1-24-9-13-11-25(12-14(13)10-24)15-6-7-16-18(8-15)26-17-4-2-3-5-19(17)30-22(26)20(21(16)27)23(28)29/h2-8,13-14H,9-12H2,1H3,(H,28,29). The number of hydrogen-bond donors (Lipinski definition) is 1. The van der Waals surface area contributed by atoms with E-state index in [4.69, 9.17) is 0 Å². The van der Waals surface area contributed by atoms with Crippen molar-refractivity contribution in [3.63, 3.8) is 0 Å². The van der Waals surface area contributed by atoms with E-state index >= 15 is 0 Å². The van der Waals surface area contributed by atoms with Gasteiger partial charge in [-0.1, -0.05) is 12.1 Å². The van der Waals surface area contributed by atoms with Crippen molar-refractivity contribution in [1.82, 2.24) is 9.30 Å². The molecule has 2 saturated heterocycles. The fraction of sp³-hybridized carbons (Fsp3) is 0.304. The molecule has 4 heterocycles. The number of carboxylic acid groups (broad SMARTS) is 1. The van der Waals surface area contributed by atoms with Gasteiger partial charge in [0.15, 0.2) is 0 Å². The van der Waals surface area contributed by atoms with E-state index in [-0.39, 0.29) is 5.56 Å². The molecular weight excluding hydrogens is 398 g/mol. The molecule has 4 aromatic rings. The monoisotopic (exact) mass is 419 g/mol. The summed E-state index contributed by atoms with van der Waals surface area (Å²) in [6.07, 6.45) is 0. The number of nitrogens with zero attached hydrogens (tertiary/aromatic N) is 3. The van der Waals surface area contributed by atoms with Gasteiger partial charge in [-0.2, -0.15) is 0 Å². The average Bonchev–Trinajstić information content (AvgIpc) is 3.38. The van der Waals surface area contributed by atoms with Crippen molar-refractivity contribution in [2.75, 3.05) is 38.1 Å². The van der Waals surface area contributed by atoms with Gasteiger partial charge in [0.25, 0.3) is 0 Å². The molecule has 1 N–H and O–H groups in total. The van der Waals surface area contributed by atoms with Crippen LogP contribution in [0.2, 0.25) is 0 Å². The lowest BCUT2D eigenvalue weighted by Crippen LogP contribution is -2.26. The largest absolute Gasteiger partial charge is 0.477 e. The van der Waals surface area contributed by atoms with Gasteiger partial charge in [0.1, 0.15) is 10.4 Å². The molecule has 6 nitrogen and oxygen atoms in total.